The van der Waals surface area contributed by atoms with Crippen molar-refractivity contribution in [1.82, 2.24) is 9.88 Å². The molecule has 3 aliphatic heterocycles. The number of hydrogen-bond donors (Lipinski definition) is 0. The second-order valence-corrected chi connectivity index (χ2v) is 6.97. The molecule has 0 saturated carbocycles. The molecule has 0 radical (unpaired) electrons. The molecule has 4 heterocycles. The van der Waals surface area contributed by atoms with Crippen LogP contribution in [0.15, 0.2) is 12.3 Å². The van der Waals surface area contributed by atoms with E-state index in [0.717, 1.165) is 25.5 Å². The SMILES string of the molecule is CC(C)N1CCN2c3ncc(N4CC(F)(F)C4)cc3OCC2C1. The lowest BCUT2D eigenvalue weighted by Crippen LogP contribution is -2.59. The monoisotopic (exact) mass is 324 g/mol. The van der Waals surface area contributed by atoms with Gasteiger partial charge in [-0.25, -0.2) is 13.8 Å². The molecule has 1 atom stereocenters. The number of aromatic nitrogens is 1. The van der Waals surface area contributed by atoms with Gasteiger partial charge >= 0.3 is 0 Å². The summed E-state index contributed by atoms with van der Waals surface area (Å²) in [5.41, 5.74) is 0.717. The fourth-order valence-electron chi connectivity index (χ4n) is 3.57. The normalized spacial score (nSPS) is 26.4. The van der Waals surface area contributed by atoms with Gasteiger partial charge in [-0.05, 0) is 13.8 Å². The lowest BCUT2D eigenvalue weighted by atomic mass is 10.1. The first-order chi connectivity index (χ1) is 10.9. The minimum Gasteiger partial charge on any atom is -0.487 e. The molecule has 1 unspecified atom stereocenters. The van der Waals surface area contributed by atoms with E-state index in [2.05, 4.69) is 28.6 Å². The van der Waals surface area contributed by atoms with E-state index in [1.165, 1.54) is 0 Å². The maximum absolute atomic E-state index is 13.0. The van der Waals surface area contributed by atoms with Crippen LogP contribution in [0.2, 0.25) is 0 Å². The zero-order valence-electron chi connectivity index (χ0n) is 13.5. The molecule has 0 aliphatic carbocycles. The van der Waals surface area contributed by atoms with Gasteiger partial charge in [0, 0.05) is 31.7 Å². The van der Waals surface area contributed by atoms with Crippen LogP contribution < -0.4 is 14.5 Å². The summed E-state index contributed by atoms with van der Waals surface area (Å²) in [6.45, 7) is 7.48. The highest BCUT2D eigenvalue weighted by Crippen LogP contribution is 2.39. The zero-order valence-corrected chi connectivity index (χ0v) is 13.5. The fourth-order valence-corrected chi connectivity index (χ4v) is 3.57. The zero-order chi connectivity index (χ0) is 16.2. The summed E-state index contributed by atoms with van der Waals surface area (Å²) in [4.78, 5) is 10.9. The highest BCUT2D eigenvalue weighted by Gasteiger charge is 2.44. The molecule has 0 spiro atoms. The third-order valence-corrected chi connectivity index (χ3v) is 4.98. The van der Waals surface area contributed by atoms with Gasteiger partial charge in [0.05, 0.1) is 31.0 Å². The van der Waals surface area contributed by atoms with E-state index >= 15 is 0 Å². The molecule has 2 fully saturated rings. The summed E-state index contributed by atoms with van der Waals surface area (Å²) in [5.74, 6) is -1.01. The number of rotatable bonds is 2. The molecule has 126 valence electrons. The van der Waals surface area contributed by atoms with Crippen LogP contribution in [0.3, 0.4) is 0 Å². The van der Waals surface area contributed by atoms with Gasteiger partial charge in [0.2, 0.25) is 0 Å². The van der Waals surface area contributed by atoms with Crippen molar-refractivity contribution in [1.29, 1.82) is 0 Å². The lowest BCUT2D eigenvalue weighted by Gasteiger charge is -2.46. The Morgan fingerprint density at radius 3 is 2.78 bits per heavy atom. The van der Waals surface area contributed by atoms with E-state index in [-0.39, 0.29) is 13.1 Å². The van der Waals surface area contributed by atoms with Gasteiger partial charge in [-0.2, -0.15) is 0 Å². The molecular weight excluding hydrogens is 302 g/mol. The molecule has 1 aromatic heterocycles. The Kier molecular flexibility index (Phi) is 3.37. The van der Waals surface area contributed by atoms with Crippen LogP contribution in [-0.4, -0.2) is 67.2 Å². The molecular formula is C16H22F2N4O. The van der Waals surface area contributed by atoms with Crippen molar-refractivity contribution in [2.24, 2.45) is 0 Å². The van der Waals surface area contributed by atoms with Crippen LogP contribution in [0.25, 0.3) is 0 Å². The molecule has 2 saturated heterocycles. The third kappa shape index (κ3) is 2.60. The molecule has 4 rings (SSSR count). The van der Waals surface area contributed by atoms with Crippen LogP contribution in [-0.2, 0) is 0 Å². The van der Waals surface area contributed by atoms with E-state index in [0.29, 0.717) is 30.1 Å². The largest absolute Gasteiger partial charge is 0.487 e. The molecule has 0 aromatic carbocycles. The Morgan fingerprint density at radius 1 is 1.30 bits per heavy atom. The number of anilines is 2. The molecule has 3 aliphatic rings. The number of hydrogen-bond acceptors (Lipinski definition) is 5. The fraction of sp³-hybridized carbons (Fsp3) is 0.688. The summed E-state index contributed by atoms with van der Waals surface area (Å²) in [6, 6.07) is 2.69. The minimum atomic E-state index is -2.57. The second-order valence-electron chi connectivity index (χ2n) is 6.97. The van der Waals surface area contributed by atoms with Crippen molar-refractivity contribution in [3.05, 3.63) is 12.3 Å². The Labute approximate surface area is 134 Å². The summed E-state index contributed by atoms with van der Waals surface area (Å²) in [7, 11) is 0. The Bertz CT molecular complexity index is 602. The number of piperazine rings is 1. The predicted octanol–water partition coefficient (Wildman–Crippen LogP) is 1.83. The summed E-state index contributed by atoms with van der Waals surface area (Å²) in [5, 5.41) is 0. The first kappa shape index (κ1) is 14.9. The Hall–Kier alpha value is -1.63. The first-order valence-electron chi connectivity index (χ1n) is 8.19. The van der Waals surface area contributed by atoms with Gasteiger partial charge in [-0.3, -0.25) is 4.90 Å². The van der Waals surface area contributed by atoms with E-state index in [1.807, 2.05) is 6.07 Å². The summed E-state index contributed by atoms with van der Waals surface area (Å²) >= 11 is 0. The quantitative estimate of drug-likeness (QED) is 0.829. The molecule has 0 bridgehead atoms. The molecule has 0 amide bonds. The molecule has 5 nitrogen and oxygen atoms in total. The number of pyridine rings is 1. The highest BCUT2D eigenvalue weighted by molar-refractivity contribution is 5.63. The van der Waals surface area contributed by atoms with Crippen LogP contribution in [0.4, 0.5) is 20.3 Å². The summed E-state index contributed by atoms with van der Waals surface area (Å²) in [6.07, 6.45) is 1.69. The van der Waals surface area contributed by atoms with Gasteiger partial charge in [-0.15, -0.1) is 0 Å². The van der Waals surface area contributed by atoms with E-state index in [4.69, 9.17) is 4.74 Å². The van der Waals surface area contributed by atoms with E-state index in [9.17, 15) is 8.78 Å². The average Bonchev–Trinajstić information content (AvgIpc) is 2.51. The number of alkyl halides is 2. The van der Waals surface area contributed by atoms with Crippen LogP contribution in [0, 0.1) is 0 Å². The number of halogens is 2. The smallest absolute Gasteiger partial charge is 0.282 e. The van der Waals surface area contributed by atoms with Crippen molar-refractivity contribution in [2.75, 3.05) is 49.1 Å². The maximum Gasteiger partial charge on any atom is 0.282 e. The first-order valence-corrected chi connectivity index (χ1v) is 8.19. The van der Waals surface area contributed by atoms with Gasteiger partial charge in [-0.1, -0.05) is 0 Å². The van der Waals surface area contributed by atoms with Gasteiger partial charge < -0.3 is 14.5 Å². The van der Waals surface area contributed by atoms with Crippen molar-refractivity contribution < 1.29 is 13.5 Å². The molecule has 0 N–H and O–H groups in total. The van der Waals surface area contributed by atoms with E-state index in [1.54, 1.807) is 11.1 Å². The topological polar surface area (TPSA) is 31.8 Å². The number of ether oxygens (including phenoxy) is 1. The Morgan fingerprint density at radius 2 is 2.09 bits per heavy atom. The van der Waals surface area contributed by atoms with Crippen LogP contribution >= 0.6 is 0 Å². The van der Waals surface area contributed by atoms with Gasteiger partial charge in [0.15, 0.2) is 11.6 Å². The van der Waals surface area contributed by atoms with Crippen molar-refractivity contribution in [3.63, 3.8) is 0 Å². The molecule has 7 heteroatoms. The average molecular weight is 324 g/mol. The third-order valence-electron chi connectivity index (χ3n) is 4.98. The Balaban J connectivity index is 1.52. The standard InChI is InChI=1S/C16H22F2N4O/c1-11(2)20-3-4-22-13(7-20)8-23-14-5-12(6-19-15(14)22)21-9-16(17,18)10-21/h5-6,11,13H,3-4,7-10H2,1-2H3. The van der Waals surface area contributed by atoms with Crippen molar-refractivity contribution in [2.45, 2.75) is 31.9 Å². The molecule has 1 aromatic rings. The van der Waals surface area contributed by atoms with Gasteiger partial charge in [0.1, 0.15) is 6.61 Å². The van der Waals surface area contributed by atoms with Crippen LogP contribution in [0.5, 0.6) is 5.75 Å². The minimum absolute atomic E-state index is 0.233. The van der Waals surface area contributed by atoms with Crippen molar-refractivity contribution >= 4 is 11.5 Å². The van der Waals surface area contributed by atoms with Gasteiger partial charge in [0.25, 0.3) is 5.92 Å². The number of nitrogens with zero attached hydrogens (tertiary/aromatic N) is 4. The molecule has 23 heavy (non-hydrogen) atoms. The number of fused-ring (bicyclic) bond motifs is 3. The predicted molar refractivity (Wildman–Crippen MR) is 84.7 cm³/mol. The lowest BCUT2D eigenvalue weighted by molar-refractivity contribution is -0.0263. The second kappa shape index (κ2) is 5.19. The maximum atomic E-state index is 13.0. The summed E-state index contributed by atoms with van der Waals surface area (Å²) < 4.78 is 31.9. The van der Waals surface area contributed by atoms with Crippen molar-refractivity contribution in [3.8, 4) is 5.75 Å². The highest BCUT2D eigenvalue weighted by atomic mass is 19.3. The van der Waals surface area contributed by atoms with E-state index < -0.39 is 5.92 Å². The van der Waals surface area contributed by atoms with Crippen LogP contribution in [0.1, 0.15) is 13.8 Å².